The third-order valence-corrected chi connectivity index (χ3v) is 5.59. The molecule has 2 bridgehead atoms. The molecule has 2 fully saturated rings. The molecule has 3 N–H and O–H groups in total. The van der Waals surface area contributed by atoms with Crippen LogP contribution in [0.25, 0.3) is 10.8 Å². The highest BCUT2D eigenvalue weighted by molar-refractivity contribution is 5.98. The number of aliphatic hydroxyl groups excluding tert-OH is 2. The lowest BCUT2D eigenvalue weighted by Gasteiger charge is -2.29. The van der Waals surface area contributed by atoms with E-state index in [1.165, 1.54) is 0 Å². The molecule has 0 saturated heterocycles. The Labute approximate surface area is 135 Å². The fraction of sp³-hybridized carbons (Fsp3) is 0.421. The molecule has 0 aliphatic heterocycles. The van der Waals surface area contributed by atoms with Crippen LogP contribution in [0.3, 0.4) is 0 Å². The molecule has 1 amide bonds. The van der Waals surface area contributed by atoms with E-state index >= 15 is 0 Å². The lowest BCUT2D eigenvalue weighted by molar-refractivity contribution is -0.0332. The first-order chi connectivity index (χ1) is 11.1. The highest BCUT2D eigenvalue weighted by Gasteiger charge is 2.51. The molecule has 0 aromatic heterocycles. The number of fused-ring (bicyclic) bond motifs is 3. The SMILES string of the molecule is O=C(NC[C@H]1C[C@@H]2C[C@H]1[C@@H](O)[C@H]2O)c1ccc2ccccc2c1. The van der Waals surface area contributed by atoms with Gasteiger partial charge in [0.2, 0.25) is 0 Å². The molecule has 4 heteroatoms. The second-order valence-corrected chi connectivity index (χ2v) is 6.91. The van der Waals surface area contributed by atoms with Gasteiger partial charge in [0.15, 0.2) is 0 Å². The Balaban J connectivity index is 1.42. The summed E-state index contributed by atoms with van der Waals surface area (Å²) in [6, 6.07) is 13.7. The van der Waals surface area contributed by atoms with Crippen LogP contribution < -0.4 is 5.32 Å². The normalized spacial score (nSPS) is 32.3. The van der Waals surface area contributed by atoms with Gasteiger partial charge in [0.25, 0.3) is 5.91 Å². The molecule has 23 heavy (non-hydrogen) atoms. The van der Waals surface area contributed by atoms with Crippen molar-refractivity contribution in [3.05, 3.63) is 48.0 Å². The van der Waals surface area contributed by atoms with Crippen LogP contribution in [-0.4, -0.2) is 34.9 Å². The quantitative estimate of drug-likeness (QED) is 0.811. The van der Waals surface area contributed by atoms with E-state index in [-0.39, 0.29) is 23.7 Å². The van der Waals surface area contributed by atoms with E-state index in [9.17, 15) is 15.0 Å². The van der Waals surface area contributed by atoms with Gasteiger partial charge in [-0.1, -0.05) is 30.3 Å². The number of hydrogen-bond acceptors (Lipinski definition) is 3. The first-order valence-corrected chi connectivity index (χ1v) is 8.26. The Morgan fingerprint density at radius 2 is 1.83 bits per heavy atom. The molecule has 2 aliphatic rings. The zero-order valence-electron chi connectivity index (χ0n) is 12.9. The number of hydrogen-bond donors (Lipinski definition) is 3. The molecule has 4 nitrogen and oxygen atoms in total. The minimum atomic E-state index is -0.628. The number of rotatable bonds is 3. The van der Waals surface area contributed by atoms with Crippen LogP contribution in [0.2, 0.25) is 0 Å². The molecule has 120 valence electrons. The molecule has 2 aromatic carbocycles. The van der Waals surface area contributed by atoms with Gasteiger partial charge in [-0.2, -0.15) is 0 Å². The minimum Gasteiger partial charge on any atom is -0.390 e. The Hall–Kier alpha value is -1.91. The van der Waals surface area contributed by atoms with Gasteiger partial charge < -0.3 is 15.5 Å². The number of aliphatic hydroxyl groups is 2. The smallest absolute Gasteiger partial charge is 0.251 e. The van der Waals surface area contributed by atoms with Crippen LogP contribution in [0.4, 0.5) is 0 Å². The summed E-state index contributed by atoms with van der Waals surface area (Å²) in [5.74, 6) is 0.501. The van der Waals surface area contributed by atoms with Gasteiger partial charge in [-0.05, 0) is 53.5 Å². The van der Waals surface area contributed by atoms with Crippen LogP contribution in [-0.2, 0) is 0 Å². The minimum absolute atomic E-state index is 0.0754. The third kappa shape index (κ3) is 2.52. The van der Waals surface area contributed by atoms with Crippen molar-refractivity contribution >= 4 is 16.7 Å². The summed E-state index contributed by atoms with van der Waals surface area (Å²) >= 11 is 0. The maximum absolute atomic E-state index is 12.4. The Bertz CT molecular complexity index is 742. The molecule has 0 spiro atoms. The first kappa shape index (κ1) is 14.7. The first-order valence-electron chi connectivity index (χ1n) is 8.26. The fourth-order valence-electron chi connectivity index (χ4n) is 4.32. The number of amides is 1. The number of carbonyl (C=O) groups excluding carboxylic acids is 1. The van der Waals surface area contributed by atoms with Crippen molar-refractivity contribution in [1.29, 1.82) is 0 Å². The van der Waals surface area contributed by atoms with Gasteiger partial charge in [0.1, 0.15) is 0 Å². The van der Waals surface area contributed by atoms with E-state index in [0.717, 1.165) is 23.6 Å². The van der Waals surface area contributed by atoms with Gasteiger partial charge in [-0.3, -0.25) is 4.79 Å². The molecule has 0 heterocycles. The molecular formula is C19H21NO3. The lowest BCUT2D eigenvalue weighted by Crippen LogP contribution is -2.41. The summed E-state index contributed by atoms with van der Waals surface area (Å²) in [7, 11) is 0. The van der Waals surface area contributed by atoms with Gasteiger partial charge in [0, 0.05) is 12.1 Å². The standard InChI is InChI=1S/C19H21NO3/c21-17-14-8-15(16(9-14)18(17)22)10-20-19(23)13-6-5-11-3-1-2-4-12(11)7-13/h1-7,14-18,21-22H,8-10H2,(H,20,23)/t14-,15-,16-,17+,18-/m1/s1. The van der Waals surface area contributed by atoms with Crippen LogP contribution in [0.5, 0.6) is 0 Å². The van der Waals surface area contributed by atoms with E-state index in [1.807, 2.05) is 42.5 Å². The van der Waals surface area contributed by atoms with Crippen molar-refractivity contribution < 1.29 is 15.0 Å². The summed E-state index contributed by atoms with van der Waals surface area (Å²) in [5, 5.41) is 25.0. The predicted octanol–water partition coefficient (Wildman–Crippen LogP) is 1.95. The molecule has 0 unspecified atom stereocenters. The summed E-state index contributed by atoms with van der Waals surface area (Å²) in [6.07, 6.45) is 0.559. The largest absolute Gasteiger partial charge is 0.390 e. The summed E-state index contributed by atoms with van der Waals surface area (Å²) in [4.78, 5) is 12.4. The van der Waals surface area contributed by atoms with E-state index in [4.69, 9.17) is 0 Å². The zero-order chi connectivity index (χ0) is 16.0. The molecule has 2 aromatic rings. The van der Waals surface area contributed by atoms with Crippen LogP contribution in [0, 0.1) is 17.8 Å². The molecular weight excluding hydrogens is 290 g/mol. The summed E-state index contributed by atoms with van der Waals surface area (Å²) in [6.45, 7) is 0.566. The topological polar surface area (TPSA) is 69.6 Å². The fourth-order valence-corrected chi connectivity index (χ4v) is 4.32. The highest BCUT2D eigenvalue weighted by atomic mass is 16.3. The third-order valence-electron chi connectivity index (χ3n) is 5.59. The lowest BCUT2D eigenvalue weighted by atomic mass is 9.85. The molecule has 2 aliphatic carbocycles. The van der Waals surface area contributed by atoms with Crippen molar-refractivity contribution in [2.45, 2.75) is 25.0 Å². The average Bonchev–Trinajstić information content (AvgIpc) is 3.12. The van der Waals surface area contributed by atoms with Crippen molar-refractivity contribution in [3.63, 3.8) is 0 Å². The van der Waals surface area contributed by atoms with Crippen molar-refractivity contribution in [1.82, 2.24) is 5.32 Å². The van der Waals surface area contributed by atoms with Crippen LogP contribution in [0.15, 0.2) is 42.5 Å². The Kier molecular flexibility index (Phi) is 3.58. The van der Waals surface area contributed by atoms with E-state index in [1.54, 1.807) is 0 Å². The van der Waals surface area contributed by atoms with Gasteiger partial charge in [-0.15, -0.1) is 0 Å². The molecule has 2 saturated carbocycles. The van der Waals surface area contributed by atoms with Crippen LogP contribution >= 0.6 is 0 Å². The van der Waals surface area contributed by atoms with Crippen molar-refractivity contribution in [3.8, 4) is 0 Å². The van der Waals surface area contributed by atoms with Gasteiger partial charge in [0.05, 0.1) is 12.2 Å². The van der Waals surface area contributed by atoms with Crippen LogP contribution in [0.1, 0.15) is 23.2 Å². The number of carbonyl (C=O) groups is 1. The average molecular weight is 311 g/mol. The monoisotopic (exact) mass is 311 g/mol. The Morgan fingerprint density at radius 3 is 2.57 bits per heavy atom. The summed E-state index contributed by atoms with van der Waals surface area (Å²) < 4.78 is 0. The zero-order valence-corrected chi connectivity index (χ0v) is 12.9. The summed E-state index contributed by atoms with van der Waals surface area (Å²) in [5.41, 5.74) is 0.660. The van der Waals surface area contributed by atoms with E-state index < -0.39 is 12.2 Å². The second kappa shape index (κ2) is 5.62. The van der Waals surface area contributed by atoms with Crippen molar-refractivity contribution in [2.75, 3.05) is 6.54 Å². The molecule has 0 radical (unpaired) electrons. The van der Waals surface area contributed by atoms with E-state index in [2.05, 4.69) is 5.32 Å². The predicted molar refractivity (Wildman–Crippen MR) is 88.0 cm³/mol. The number of nitrogens with one attached hydrogen (secondary N) is 1. The van der Waals surface area contributed by atoms with Gasteiger partial charge in [-0.25, -0.2) is 0 Å². The Morgan fingerprint density at radius 1 is 1.04 bits per heavy atom. The molecule has 5 atom stereocenters. The molecule has 4 rings (SSSR count). The second-order valence-electron chi connectivity index (χ2n) is 6.91. The van der Waals surface area contributed by atoms with Gasteiger partial charge >= 0.3 is 0 Å². The van der Waals surface area contributed by atoms with E-state index in [0.29, 0.717) is 12.1 Å². The maximum atomic E-state index is 12.4. The van der Waals surface area contributed by atoms with Crippen molar-refractivity contribution in [2.24, 2.45) is 17.8 Å². The number of benzene rings is 2. The maximum Gasteiger partial charge on any atom is 0.251 e. The highest BCUT2D eigenvalue weighted by Crippen LogP contribution is 2.48.